The molecule has 1 aliphatic heterocycles. The van der Waals surface area contributed by atoms with E-state index in [0.29, 0.717) is 11.6 Å². The van der Waals surface area contributed by atoms with Gasteiger partial charge in [-0.15, -0.1) is 11.6 Å². The summed E-state index contributed by atoms with van der Waals surface area (Å²) in [5.74, 6) is 1.91. The van der Waals surface area contributed by atoms with Crippen LogP contribution < -0.4 is 4.90 Å². The van der Waals surface area contributed by atoms with Crippen LogP contribution in [0.3, 0.4) is 0 Å². The Morgan fingerprint density at radius 1 is 1.53 bits per heavy atom. The number of alkyl halides is 1. The molecule has 106 valence electrons. The van der Waals surface area contributed by atoms with Gasteiger partial charge in [0.2, 0.25) is 0 Å². The summed E-state index contributed by atoms with van der Waals surface area (Å²) in [4.78, 5) is 1.97. The van der Waals surface area contributed by atoms with Gasteiger partial charge in [-0.1, -0.05) is 15.9 Å². The first kappa shape index (κ1) is 15.5. The van der Waals surface area contributed by atoms with Gasteiger partial charge in [-0.25, -0.2) is 8.42 Å². The lowest BCUT2D eigenvalue weighted by Crippen LogP contribution is -2.47. The Hall–Kier alpha value is 0.0900. The lowest BCUT2D eigenvalue weighted by Gasteiger charge is -2.37. The molecule has 7 heteroatoms. The minimum Gasteiger partial charge on any atom is -0.353 e. The van der Waals surface area contributed by atoms with Crippen molar-refractivity contribution in [3.63, 3.8) is 0 Å². The summed E-state index contributed by atoms with van der Waals surface area (Å²) in [5, 5.41) is -0.464. The van der Waals surface area contributed by atoms with E-state index in [1.54, 1.807) is 11.8 Å². The fourth-order valence-corrected chi connectivity index (χ4v) is 5.61. The predicted molar refractivity (Wildman–Crippen MR) is 87.0 cm³/mol. The highest BCUT2D eigenvalue weighted by atomic mass is 79.9. The summed E-state index contributed by atoms with van der Waals surface area (Å²) < 4.78 is 24.8. The summed E-state index contributed by atoms with van der Waals surface area (Å²) in [7, 11) is -3.11. The van der Waals surface area contributed by atoms with Crippen molar-refractivity contribution < 1.29 is 8.42 Å². The van der Waals surface area contributed by atoms with E-state index in [4.69, 9.17) is 11.6 Å². The topological polar surface area (TPSA) is 37.4 Å². The maximum atomic E-state index is 11.9. The van der Waals surface area contributed by atoms with E-state index in [9.17, 15) is 8.42 Å². The van der Waals surface area contributed by atoms with E-state index < -0.39 is 15.2 Å². The minimum absolute atomic E-state index is 0.370. The standard InChI is InChI=1S/C12H15BrClNO2S2/c1-19(16,17)12-8-18-5-4-15(12)11-3-2-10(13)6-9(11)7-14/h2-3,6,12H,4-5,7-8H2,1H3. The first-order valence-corrected chi connectivity index (χ1v) is 10.2. The molecule has 0 N–H and O–H groups in total. The molecule has 1 heterocycles. The summed E-state index contributed by atoms with van der Waals surface area (Å²) in [5.41, 5.74) is 1.88. The Kier molecular flexibility index (Phi) is 5.09. The Balaban J connectivity index is 2.43. The van der Waals surface area contributed by atoms with Crippen LogP contribution in [0.15, 0.2) is 22.7 Å². The van der Waals surface area contributed by atoms with Gasteiger partial charge in [-0.3, -0.25) is 0 Å². The van der Waals surface area contributed by atoms with Crippen LogP contribution in [-0.2, 0) is 15.7 Å². The van der Waals surface area contributed by atoms with Crippen LogP contribution in [0.2, 0.25) is 0 Å². The van der Waals surface area contributed by atoms with E-state index in [2.05, 4.69) is 15.9 Å². The third kappa shape index (κ3) is 3.60. The zero-order chi connectivity index (χ0) is 14.0. The zero-order valence-corrected chi connectivity index (χ0v) is 14.4. The van der Waals surface area contributed by atoms with Gasteiger partial charge in [-0.2, -0.15) is 11.8 Å². The first-order valence-electron chi connectivity index (χ1n) is 5.81. The Morgan fingerprint density at radius 2 is 2.26 bits per heavy atom. The molecule has 1 aromatic carbocycles. The van der Waals surface area contributed by atoms with Crippen molar-refractivity contribution in [2.45, 2.75) is 11.3 Å². The highest BCUT2D eigenvalue weighted by Gasteiger charge is 2.32. The number of halogens is 2. The molecule has 1 atom stereocenters. The largest absolute Gasteiger partial charge is 0.353 e. The van der Waals surface area contributed by atoms with Gasteiger partial charge in [-0.05, 0) is 23.8 Å². The summed E-state index contributed by atoms with van der Waals surface area (Å²) in [6, 6.07) is 5.81. The average molecular weight is 385 g/mol. The number of thioether (sulfide) groups is 1. The monoisotopic (exact) mass is 383 g/mol. The number of rotatable bonds is 3. The van der Waals surface area contributed by atoms with Crippen molar-refractivity contribution in [3.05, 3.63) is 28.2 Å². The molecule has 0 bridgehead atoms. The van der Waals surface area contributed by atoms with Crippen molar-refractivity contribution in [2.24, 2.45) is 0 Å². The Bertz CT molecular complexity index is 565. The maximum Gasteiger partial charge on any atom is 0.169 e. The number of anilines is 1. The second-order valence-corrected chi connectivity index (χ2v) is 9.00. The van der Waals surface area contributed by atoms with E-state index >= 15 is 0 Å². The molecule has 0 aliphatic carbocycles. The predicted octanol–water partition coefficient (Wildman–Crippen LogP) is 3.11. The molecule has 0 aromatic heterocycles. The molecule has 1 saturated heterocycles. The zero-order valence-electron chi connectivity index (χ0n) is 10.5. The van der Waals surface area contributed by atoms with E-state index in [1.165, 1.54) is 6.26 Å². The van der Waals surface area contributed by atoms with Gasteiger partial charge < -0.3 is 4.90 Å². The third-order valence-electron chi connectivity index (χ3n) is 3.07. The van der Waals surface area contributed by atoms with Crippen LogP contribution in [0.1, 0.15) is 5.56 Å². The van der Waals surface area contributed by atoms with Crippen molar-refractivity contribution in [1.82, 2.24) is 0 Å². The SMILES string of the molecule is CS(=O)(=O)C1CSCCN1c1ccc(Br)cc1CCl. The minimum atomic E-state index is -3.11. The van der Waals surface area contributed by atoms with Crippen molar-refractivity contribution in [2.75, 3.05) is 29.2 Å². The lowest BCUT2D eigenvalue weighted by atomic mass is 10.2. The van der Waals surface area contributed by atoms with E-state index in [-0.39, 0.29) is 0 Å². The van der Waals surface area contributed by atoms with Crippen molar-refractivity contribution in [3.8, 4) is 0 Å². The molecule has 0 amide bonds. The first-order chi connectivity index (χ1) is 8.93. The molecule has 0 spiro atoms. The number of benzene rings is 1. The number of hydrogen-bond acceptors (Lipinski definition) is 4. The van der Waals surface area contributed by atoms with Crippen molar-refractivity contribution in [1.29, 1.82) is 0 Å². The van der Waals surface area contributed by atoms with Crippen LogP contribution in [-0.4, -0.2) is 38.1 Å². The molecule has 1 aromatic rings. The molecule has 3 nitrogen and oxygen atoms in total. The third-order valence-corrected chi connectivity index (χ3v) is 6.50. The smallest absolute Gasteiger partial charge is 0.169 e. The lowest BCUT2D eigenvalue weighted by molar-refractivity contribution is 0.584. The molecule has 0 radical (unpaired) electrons. The summed E-state index contributed by atoms with van der Waals surface area (Å²) in [6.45, 7) is 0.730. The Labute approximate surface area is 131 Å². The van der Waals surface area contributed by atoms with Gasteiger partial charge in [0.05, 0.1) is 0 Å². The molecular weight excluding hydrogens is 370 g/mol. The number of nitrogens with zero attached hydrogens (tertiary/aromatic N) is 1. The molecular formula is C12H15BrClNO2S2. The van der Waals surface area contributed by atoms with Gasteiger partial charge in [0.25, 0.3) is 0 Å². The second-order valence-electron chi connectivity index (χ2n) is 4.46. The number of hydrogen-bond donors (Lipinski definition) is 0. The highest BCUT2D eigenvalue weighted by molar-refractivity contribution is 9.10. The van der Waals surface area contributed by atoms with Gasteiger partial charge in [0.15, 0.2) is 9.84 Å². The molecule has 0 saturated carbocycles. The van der Waals surface area contributed by atoms with E-state index in [0.717, 1.165) is 28.0 Å². The van der Waals surface area contributed by atoms with Crippen molar-refractivity contribution >= 4 is 54.8 Å². The fourth-order valence-electron chi connectivity index (χ4n) is 2.15. The highest BCUT2D eigenvalue weighted by Crippen LogP contribution is 2.32. The number of sulfone groups is 1. The summed E-state index contributed by atoms with van der Waals surface area (Å²) in [6.07, 6.45) is 1.30. The molecule has 2 rings (SSSR count). The van der Waals surface area contributed by atoms with Crippen LogP contribution in [0, 0.1) is 0 Å². The fraction of sp³-hybridized carbons (Fsp3) is 0.500. The Morgan fingerprint density at radius 3 is 2.89 bits per heavy atom. The molecule has 19 heavy (non-hydrogen) atoms. The average Bonchev–Trinajstić information content (AvgIpc) is 2.37. The van der Waals surface area contributed by atoms with Crippen LogP contribution in [0.5, 0.6) is 0 Å². The van der Waals surface area contributed by atoms with Gasteiger partial charge >= 0.3 is 0 Å². The van der Waals surface area contributed by atoms with Gasteiger partial charge in [0.1, 0.15) is 5.37 Å². The van der Waals surface area contributed by atoms with Crippen LogP contribution >= 0.6 is 39.3 Å². The molecule has 1 unspecified atom stereocenters. The molecule has 1 fully saturated rings. The van der Waals surface area contributed by atoms with Crippen LogP contribution in [0.25, 0.3) is 0 Å². The van der Waals surface area contributed by atoms with Gasteiger partial charge in [0, 0.05) is 40.3 Å². The quantitative estimate of drug-likeness (QED) is 0.750. The normalized spacial score (nSPS) is 20.6. The van der Waals surface area contributed by atoms with Crippen LogP contribution in [0.4, 0.5) is 5.69 Å². The second kappa shape index (κ2) is 6.24. The van der Waals surface area contributed by atoms with E-state index in [1.807, 2.05) is 23.1 Å². The molecule has 1 aliphatic rings. The summed E-state index contributed by atoms with van der Waals surface area (Å²) >= 11 is 11.1. The maximum absolute atomic E-state index is 11.9.